The van der Waals surface area contributed by atoms with Crippen molar-refractivity contribution in [2.45, 2.75) is 50.6 Å². The quantitative estimate of drug-likeness (QED) is 0.863. The molecule has 0 bridgehead atoms. The fourth-order valence-corrected chi connectivity index (χ4v) is 3.82. The van der Waals surface area contributed by atoms with Gasteiger partial charge in [0.05, 0.1) is 6.04 Å². The van der Waals surface area contributed by atoms with Gasteiger partial charge in [-0.1, -0.05) is 24.6 Å². The number of hydrogen-bond donors (Lipinski definition) is 2. The first-order chi connectivity index (χ1) is 12.2. The summed E-state index contributed by atoms with van der Waals surface area (Å²) in [5, 5.41) is 12.0. The number of rotatable bonds is 2. The molecule has 0 radical (unpaired) electrons. The molecule has 1 atom stereocenters. The third-order valence-corrected chi connectivity index (χ3v) is 5.55. The number of carbonyl (C=O) groups excluding carboxylic acids is 1. The Bertz CT molecular complexity index is 527. The van der Waals surface area contributed by atoms with Crippen molar-refractivity contribution in [1.29, 1.82) is 0 Å². The molecule has 3 fully saturated rings. The van der Waals surface area contributed by atoms with Crippen LogP contribution in [0.25, 0.3) is 0 Å². The van der Waals surface area contributed by atoms with Gasteiger partial charge in [-0.05, 0) is 50.8 Å². The highest BCUT2D eigenvalue weighted by Crippen LogP contribution is 2.25. The zero-order valence-electron chi connectivity index (χ0n) is 15.1. The van der Waals surface area contributed by atoms with Crippen molar-refractivity contribution in [2.24, 2.45) is 0 Å². The largest absolute Gasteiger partial charge is 0.508 e. The molecule has 2 N–H and O–H groups in total. The van der Waals surface area contributed by atoms with Gasteiger partial charge in [0.1, 0.15) is 5.75 Å². The minimum absolute atomic E-state index is 0.111. The third kappa shape index (κ3) is 5.19. The highest BCUT2D eigenvalue weighted by Gasteiger charge is 2.30. The van der Waals surface area contributed by atoms with Gasteiger partial charge < -0.3 is 15.3 Å². The molecule has 4 rings (SSSR count). The van der Waals surface area contributed by atoms with Crippen LogP contribution in [0.1, 0.15) is 38.5 Å². The van der Waals surface area contributed by atoms with Crippen LogP contribution >= 0.6 is 0 Å². The number of nitrogens with zero attached hydrogens (tertiary/aromatic N) is 2. The maximum absolute atomic E-state index is 12.4. The van der Waals surface area contributed by atoms with Crippen molar-refractivity contribution in [2.75, 3.05) is 32.7 Å². The molecule has 5 nitrogen and oxygen atoms in total. The van der Waals surface area contributed by atoms with E-state index in [4.69, 9.17) is 5.11 Å². The van der Waals surface area contributed by atoms with E-state index in [2.05, 4.69) is 15.1 Å². The van der Waals surface area contributed by atoms with Crippen LogP contribution in [0.4, 0.5) is 0 Å². The minimum Gasteiger partial charge on any atom is -0.508 e. The molecular weight excluding hydrogens is 314 g/mol. The van der Waals surface area contributed by atoms with Gasteiger partial charge in [-0.15, -0.1) is 0 Å². The second kappa shape index (κ2) is 9.20. The van der Waals surface area contributed by atoms with Gasteiger partial charge in [-0.3, -0.25) is 9.69 Å². The molecule has 5 heteroatoms. The van der Waals surface area contributed by atoms with E-state index in [-0.39, 0.29) is 6.04 Å². The average molecular weight is 345 g/mol. The predicted molar refractivity (Wildman–Crippen MR) is 99.5 cm³/mol. The summed E-state index contributed by atoms with van der Waals surface area (Å²) >= 11 is 0. The standard InChI is InChI=1S/C14H25N3O.C6H6O/c18-14(13-6-2-7-15-13)17-9-3-8-16(10-11-17)12-4-1-5-12;7-6-4-2-1-3-5-6/h12-13,15H,1-11H2;1-5,7H/t13-;/m1./s1. The molecule has 2 heterocycles. The monoisotopic (exact) mass is 345 g/mol. The molecule has 0 aromatic heterocycles. The van der Waals surface area contributed by atoms with Crippen LogP contribution in [0.15, 0.2) is 30.3 Å². The Morgan fingerprint density at radius 1 is 0.960 bits per heavy atom. The first-order valence-electron chi connectivity index (χ1n) is 9.74. The second-order valence-electron chi connectivity index (χ2n) is 7.28. The Labute approximate surface area is 151 Å². The Hall–Kier alpha value is -1.59. The molecular formula is C20H31N3O2. The van der Waals surface area contributed by atoms with Crippen molar-refractivity contribution >= 4 is 5.91 Å². The Morgan fingerprint density at radius 2 is 1.76 bits per heavy atom. The van der Waals surface area contributed by atoms with E-state index >= 15 is 0 Å². The van der Waals surface area contributed by atoms with Crippen molar-refractivity contribution in [3.8, 4) is 5.75 Å². The molecule has 25 heavy (non-hydrogen) atoms. The molecule has 1 aromatic carbocycles. The van der Waals surface area contributed by atoms with E-state index in [0.717, 1.165) is 51.5 Å². The molecule has 1 aliphatic carbocycles. The van der Waals surface area contributed by atoms with Crippen LogP contribution in [0, 0.1) is 0 Å². The molecule has 2 aliphatic heterocycles. The third-order valence-electron chi connectivity index (χ3n) is 5.55. The maximum atomic E-state index is 12.4. The van der Waals surface area contributed by atoms with E-state index in [1.54, 1.807) is 24.3 Å². The maximum Gasteiger partial charge on any atom is 0.239 e. The van der Waals surface area contributed by atoms with Crippen LogP contribution < -0.4 is 5.32 Å². The fraction of sp³-hybridized carbons (Fsp3) is 0.650. The zero-order chi connectivity index (χ0) is 17.5. The predicted octanol–water partition coefficient (Wildman–Crippen LogP) is 2.22. The lowest BCUT2D eigenvalue weighted by molar-refractivity contribution is -0.133. The van der Waals surface area contributed by atoms with E-state index in [1.165, 1.54) is 25.8 Å². The highest BCUT2D eigenvalue weighted by atomic mass is 16.3. The van der Waals surface area contributed by atoms with E-state index < -0.39 is 0 Å². The lowest BCUT2D eigenvalue weighted by Gasteiger charge is -2.36. The van der Waals surface area contributed by atoms with Crippen LogP contribution in [-0.4, -0.2) is 65.6 Å². The molecule has 0 unspecified atom stereocenters. The first-order valence-corrected chi connectivity index (χ1v) is 9.74. The number of aromatic hydroxyl groups is 1. The molecule has 2 saturated heterocycles. The van der Waals surface area contributed by atoms with Gasteiger partial charge in [-0.2, -0.15) is 0 Å². The summed E-state index contributed by atoms with van der Waals surface area (Å²) in [5.41, 5.74) is 0. The van der Waals surface area contributed by atoms with Gasteiger partial charge in [0.15, 0.2) is 0 Å². The van der Waals surface area contributed by atoms with Gasteiger partial charge in [0.25, 0.3) is 0 Å². The van der Waals surface area contributed by atoms with Crippen LogP contribution in [0.3, 0.4) is 0 Å². The summed E-state index contributed by atoms with van der Waals surface area (Å²) in [4.78, 5) is 17.1. The van der Waals surface area contributed by atoms with E-state index in [0.29, 0.717) is 11.7 Å². The second-order valence-corrected chi connectivity index (χ2v) is 7.28. The molecule has 1 aromatic rings. The fourth-order valence-electron chi connectivity index (χ4n) is 3.82. The summed E-state index contributed by atoms with van der Waals surface area (Å²) in [6.45, 7) is 5.18. The van der Waals surface area contributed by atoms with Crippen molar-refractivity contribution in [1.82, 2.24) is 15.1 Å². The number of carbonyl (C=O) groups is 1. The van der Waals surface area contributed by atoms with Gasteiger partial charge >= 0.3 is 0 Å². The number of amides is 1. The van der Waals surface area contributed by atoms with Crippen LogP contribution in [-0.2, 0) is 4.79 Å². The highest BCUT2D eigenvalue weighted by molar-refractivity contribution is 5.82. The number of para-hydroxylation sites is 1. The zero-order valence-corrected chi connectivity index (χ0v) is 15.1. The number of benzene rings is 1. The van der Waals surface area contributed by atoms with Crippen molar-refractivity contribution in [3.05, 3.63) is 30.3 Å². The Balaban J connectivity index is 0.000000219. The van der Waals surface area contributed by atoms with Crippen molar-refractivity contribution < 1.29 is 9.90 Å². The summed E-state index contributed by atoms with van der Waals surface area (Å²) in [5.74, 6) is 0.672. The lowest BCUT2D eigenvalue weighted by atomic mass is 9.91. The van der Waals surface area contributed by atoms with E-state index in [9.17, 15) is 4.79 Å². The summed E-state index contributed by atoms with van der Waals surface area (Å²) in [6, 6.07) is 9.65. The number of hydrogen-bond acceptors (Lipinski definition) is 4. The summed E-state index contributed by atoms with van der Waals surface area (Å²) < 4.78 is 0. The lowest BCUT2D eigenvalue weighted by Crippen LogP contribution is -2.46. The number of nitrogens with one attached hydrogen (secondary N) is 1. The van der Waals surface area contributed by atoms with E-state index in [1.807, 2.05) is 6.07 Å². The average Bonchev–Trinajstić information content (AvgIpc) is 3.01. The molecule has 138 valence electrons. The normalized spacial score (nSPS) is 24.8. The van der Waals surface area contributed by atoms with Gasteiger partial charge in [0, 0.05) is 32.2 Å². The molecule has 1 amide bonds. The topological polar surface area (TPSA) is 55.8 Å². The molecule has 3 aliphatic rings. The first kappa shape index (κ1) is 18.2. The van der Waals surface area contributed by atoms with Gasteiger partial charge in [-0.25, -0.2) is 0 Å². The smallest absolute Gasteiger partial charge is 0.239 e. The van der Waals surface area contributed by atoms with Crippen LogP contribution in [0.2, 0.25) is 0 Å². The van der Waals surface area contributed by atoms with Gasteiger partial charge in [0.2, 0.25) is 5.91 Å². The molecule has 1 saturated carbocycles. The minimum atomic E-state index is 0.111. The number of phenols is 1. The number of phenolic OH excluding ortho intramolecular Hbond substituents is 1. The summed E-state index contributed by atoms with van der Waals surface area (Å²) in [7, 11) is 0. The SMILES string of the molecule is O=C([C@H]1CCCN1)N1CCCN(C2CCC2)CC1.Oc1ccccc1. The van der Waals surface area contributed by atoms with Crippen molar-refractivity contribution in [3.63, 3.8) is 0 Å². The Morgan fingerprint density at radius 3 is 2.32 bits per heavy atom. The Kier molecular flexibility index (Phi) is 6.70. The van der Waals surface area contributed by atoms with Crippen LogP contribution in [0.5, 0.6) is 5.75 Å². The molecule has 0 spiro atoms. The summed E-state index contributed by atoms with van der Waals surface area (Å²) in [6.07, 6.45) is 7.47.